The quantitative estimate of drug-likeness (QED) is 0.867. The summed E-state index contributed by atoms with van der Waals surface area (Å²) in [7, 11) is 3.76. The van der Waals surface area contributed by atoms with Gasteiger partial charge in [-0.05, 0) is 50.6 Å². The molecular formula is C16H25FN2O. The number of piperidine rings is 1. The molecule has 1 saturated heterocycles. The predicted molar refractivity (Wildman–Crippen MR) is 79.3 cm³/mol. The van der Waals surface area contributed by atoms with Gasteiger partial charge in [0.25, 0.3) is 0 Å². The number of methoxy groups -OCH3 is 1. The Hall–Kier alpha value is -0.970. The van der Waals surface area contributed by atoms with Gasteiger partial charge < -0.3 is 15.0 Å². The summed E-state index contributed by atoms with van der Waals surface area (Å²) in [6.45, 7) is 3.22. The van der Waals surface area contributed by atoms with E-state index in [9.17, 15) is 4.39 Å². The van der Waals surface area contributed by atoms with E-state index in [0.717, 1.165) is 31.6 Å². The predicted octanol–water partition coefficient (Wildman–Crippen LogP) is 2.59. The van der Waals surface area contributed by atoms with Crippen LogP contribution in [0.4, 0.5) is 4.39 Å². The average molecular weight is 280 g/mol. The number of halogens is 1. The number of rotatable bonds is 6. The summed E-state index contributed by atoms with van der Waals surface area (Å²) >= 11 is 0. The highest BCUT2D eigenvalue weighted by molar-refractivity contribution is 5.19. The van der Waals surface area contributed by atoms with Crippen molar-refractivity contribution in [3.8, 4) is 0 Å². The van der Waals surface area contributed by atoms with Gasteiger partial charge in [0, 0.05) is 26.2 Å². The molecule has 1 heterocycles. The van der Waals surface area contributed by atoms with E-state index in [1.807, 2.05) is 19.2 Å². The third kappa shape index (κ3) is 4.27. The van der Waals surface area contributed by atoms with Crippen molar-refractivity contribution in [1.29, 1.82) is 0 Å². The normalized spacial score (nSPS) is 21.9. The van der Waals surface area contributed by atoms with Gasteiger partial charge in [0.05, 0.1) is 6.10 Å². The number of hydrogen-bond acceptors (Lipinski definition) is 3. The molecule has 1 N–H and O–H groups in total. The smallest absolute Gasteiger partial charge is 0.123 e. The molecule has 0 saturated carbocycles. The third-order valence-electron chi connectivity index (χ3n) is 4.15. The van der Waals surface area contributed by atoms with Crippen molar-refractivity contribution in [3.05, 3.63) is 35.6 Å². The monoisotopic (exact) mass is 280 g/mol. The molecule has 2 atom stereocenters. The maximum absolute atomic E-state index is 13.0. The molecule has 112 valence electrons. The summed E-state index contributed by atoms with van der Waals surface area (Å²) in [5.41, 5.74) is 1.15. The first-order valence-corrected chi connectivity index (χ1v) is 7.41. The third-order valence-corrected chi connectivity index (χ3v) is 4.15. The summed E-state index contributed by atoms with van der Waals surface area (Å²) < 4.78 is 18.4. The topological polar surface area (TPSA) is 24.5 Å². The molecule has 2 rings (SSSR count). The zero-order chi connectivity index (χ0) is 14.4. The summed E-state index contributed by atoms with van der Waals surface area (Å²) in [5.74, 6) is -0.178. The second kappa shape index (κ2) is 7.72. The Morgan fingerprint density at radius 3 is 2.80 bits per heavy atom. The second-order valence-electron chi connectivity index (χ2n) is 5.48. The van der Waals surface area contributed by atoms with E-state index in [2.05, 4.69) is 10.2 Å². The largest absolute Gasteiger partial charge is 0.380 e. The number of benzene rings is 1. The molecule has 4 heteroatoms. The molecule has 1 fully saturated rings. The Bertz CT molecular complexity index is 396. The fraction of sp³-hybridized carbons (Fsp3) is 0.625. The lowest BCUT2D eigenvalue weighted by molar-refractivity contribution is 0.0302. The molecule has 1 aliphatic rings. The van der Waals surface area contributed by atoms with Crippen LogP contribution >= 0.6 is 0 Å². The molecule has 0 aromatic heterocycles. The molecule has 2 unspecified atom stereocenters. The number of nitrogens with one attached hydrogen (secondary N) is 1. The van der Waals surface area contributed by atoms with Crippen LogP contribution < -0.4 is 5.32 Å². The van der Waals surface area contributed by atoms with E-state index in [-0.39, 0.29) is 11.9 Å². The number of nitrogens with zero attached hydrogens (tertiary/aromatic N) is 1. The highest BCUT2D eigenvalue weighted by Crippen LogP contribution is 2.19. The van der Waals surface area contributed by atoms with Crippen molar-refractivity contribution < 1.29 is 9.13 Å². The van der Waals surface area contributed by atoms with Crippen molar-refractivity contribution in [3.63, 3.8) is 0 Å². The minimum Gasteiger partial charge on any atom is -0.380 e. The molecule has 0 aliphatic carbocycles. The molecule has 0 amide bonds. The van der Waals surface area contributed by atoms with E-state index in [1.54, 1.807) is 7.11 Å². The Kier molecular flexibility index (Phi) is 5.95. The van der Waals surface area contributed by atoms with Crippen LogP contribution in [0.5, 0.6) is 0 Å². The fourth-order valence-corrected chi connectivity index (χ4v) is 2.89. The fourth-order valence-electron chi connectivity index (χ4n) is 2.89. The average Bonchev–Trinajstić information content (AvgIpc) is 2.50. The van der Waals surface area contributed by atoms with E-state index >= 15 is 0 Å². The van der Waals surface area contributed by atoms with Crippen molar-refractivity contribution >= 4 is 0 Å². The van der Waals surface area contributed by atoms with Gasteiger partial charge in [-0.3, -0.25) is 0 Å². The van der Waals surface area contributed by atoms with Gasteiger partial charge in [-0.2, -0.15) is 0 Å². The van der Waals surface area contributed by atoms with Crippen LogP contribution in [0.3, 0.4) is 0 Å². The Labute approximate surface area is 121 Å². The van der Waals surface area contributed by atoms with Gasteiger partial charge in [0.1, 0.15) is 5.82 Å². The van der Waals surface area contributed by atoms with Crippen LogP contribution in [0.1, 0.15) is 30.9 Å². The van der Waals surface area contributed by atoms with Crippen molar-refractivity contribution in [2.24, 2.45) is 0 Å². The van der Waals surface area contributed by atoms with Crippen molar-refractivity contribution in [2.45, 2.75) is 31.4 Å². The molecule has 1 aliphatic heterocycles. The standard InChI is InChI=1S/C16H25FN2O/c1-18-16(13-5-7-14(17)8-6-13)9-11-19-10-3-4-15(12-19)20-2/h5-8,15-16,18H,3-4,9-12H2,1-2H3. The van der Waals surface area contributed by atoms with E-state index in [1.165, 1.54) is 25.0 Å². The number of hydrogen-bond donors (Lipinski definition) is 1. The molecule has 0 bridgehead atoms. The molecule has 1 aromatic rings. The van der Waals surface area contributed by atoms with Gasteiger partial charge in [-0.15, -0.1) is 0 Å². The highest BCUT2D eigenvalue weighted by Gasteiger charge is 2.20. The number of likely N-dealkylation sites (tertiary alicyclic amines) is 1. The van der Waals surface area contributed by atoms with Crippen molar-refractivity contribution in [1.82, 2.24) is 10.2 Å². The first kappa shape index (κ1) is 15.4. The maximum Gasteiger partial charge on any atom is 0.123 e. The van der Waals surface area contributed by atoms with E-state index < -0.39 is 0 Å². The lowest BCUT2D eigenvalue weighted by Gasteiger charge is -2.32. The highest BCUT2D eigenvalue weighted by atomic mass is 19.1. The Morgan fingerprint density at radius 1 is 1.40 bits per heavy atom. The molecule has 0 spiro atoms. The van der Waals surface area contributed by atoms with Gasteiger partial charge >= 0.3 is 0 Å². The van der Waals surface area contributed by atoms with Crippen LogP contribution in [0.2, 0.25) is 0 Å². The van der Waals surface area contributed by atoms with Crippen LogP contribution in [-0.4, -0.2) is 44.8 Å². The zero-order valence-corrected chi connectivity index (χ0v) is 12.4. The van der Waals surface area contributed by atoms with Crippen LogP contribution in [-0.2, 0) is 4.74 Å². The zero-order valence-electron chi connectivity index (χ0n) is 12.4. The lowest BCUT2D eigenvalue weighted by atomic mass is 10.0. The van der Waals surface area contributed by atoms with E-state index in [4.69, 9.17) is 4.74 Å². The van der Waals surface area contributed by atoms with Gasteiger partial charge in [-0.25, -0.2) is 4.39 Å². The van der Waals surface area contributed by atoms with Crippen LogP contribution in [0, 0.1) is 5.82 Å². The molecular weight excluding hydrogens is 255 g/mol. The van der Waals surface area contributed by atoms with Crippen molar-refractivity contribution in [2.75, 3.05) is 33.8 Å². The minimum absolute atomic E-state index is 0.178. The summed E-state index contributed by atoms with van der Waals surface area (Å²) in [6, 6.07) is 7.07. The van der Waals surface area contributed by atoms with Gasteiger partial charge in [0.15, 0.2) is 0 Å². The Morgan fingerprint density at radius 2 is 2.15 bits per heavy atom. The first-order chi connectivity index (χ1) is 9.72. The second-order valence-corrected chi connectivity index (χ2v) is 5.48. The molecule has 3 nitrogen and oxygen atoms in total. The SMILES string of the molecule is CNC(CCN1CCCC(OC)C1)c1ccc(F)cc1. The summed E-state index contributed by atoms with van der Waals surface area (Å²) in [4.78, 5) is 2.46. The molecule has 1 aromatic carbocycles. The van der Waals surface area contributed by atoms with Crippen LogP contribution in [0.25, 0.3) is 0 Å². The summed E-state index contributed by atoms with van der Waals surface area (Å²) in [5, 5.41) is 3.32. The lowest BCUT2D eigenvalue weighted by Crippen LogP contribution is -2.40. The maximum atomic E-state index is 13.0. The number of ether oxygens (including phenoxy) is 1. The summed E-state index contributed by atoms with van der Waals surface area (Å²) in [6.07, 6.45) is 3.78. The van der Waals surface area contributed by atoms with E-state index in [0.29, 0.717) is 6.10 Å². The first-order valence-electron chi connectivity index (χ1n) is 7.41. The molecule has 20 heavy (non-hydrogen) atoms. The minimum atomic E-state index is -0.178. The molecule has 0 radical (unpaired) electrons. The Balaban J connectivity index is 1.85. The van der Waals surface area contributed by atoms with Gasteiger partial charge in [-0.1, -0.05) is 12.1 Å². The van der Waals surface area contributed by atoms with Crippen LogP contribution in [0.15, 0.2) is 24.3 Å². The van der Waals surface area contributed by atoms with Gasteiger partial charge in [0.2, 0.25) is 0 Å².